The third kappa shape index (κ3) is 2.51. The number of hydrogen-bond acceptors (Lipinski definition) is 3. The second-order valence-corrected chi connectivity index (χ2v) is 4.29. The predicted molar refractivity (Wildman–Crippen MR) is 70.4 cm³/mol. The van der Waals surface area contributed by atoms with Crippen LogP contribution in [0.15, 0.2) is 36.5 Å². The molecule has 1 aromatic carbocycles. The Morgan fingerprint density at radius 1 is 1.28 bits per heavy atom. The Kier molecular flexibility index (Phi) is 3.63. The Hall–Kier alpha value is -1.87. The van der Waals surface area contributed by atoms with Gasteiger partial charge in [0, 0.05) is 11.8 Å². The lowest BCUT2D eigenvalue weighted by atomic mass is 10.0. The summed E-state index contributed by atoms with van der Waals surface area (Å²) in [5, 5.41) is 0.299. The quantitative estimate of drug-likeness (QED) is 0.629. The van der Waals surface area contributed by atoms with Gasteiger partial charge in [-0.15, -0.1) is 0 Å². The molecule has 0 radical (unpaired) electrons. The molecule has 0 unspecified atom stereocenters. The lowest BCUT2D eigenvalue weighted by Crippen LogP contribution is -2.04. The lowest BCUT2D eigenvalue weighted by Gasteiger charge is -2.08. The fourth-order valence-corrected chi connectivity index (χ4v) is 1.87. The van der Waals surface area contributed by atoms with Crippen molar-refractivity contribution in [1.29, 1.82) is 0 Å². The third-order valence-corrected chi connectivity index (χ3v) is 2.80. The average molecular weight is 262 g/mol. The molecule has 4 heteroatoms. The van der Waals surface area contributed by atoms with Crippen molar-refractivity contribution >= 4 is 17.4 Å². The van der Waals surface area contributed by atoms with Crippen LogP contribution in [0.3, 0.4) is 0 Å². The topological polar surface area (TPSA) is 39.2 Å². The van der Waals surface area contributed by atoms with Crippen molar-refractivity contribution in [3.63, 3.8) is 0 Å². The van der Waals surface area contributed by atoms with Crippen molar-refractivity contribution in [2.24, 2.45) is 0 Å². The minimum atomic E-state index is -0.125. The molecule has 92 valence electrons. The van der Waals surface area contributed by atoms with Crippen LogP contribution in [0, 0.1) is 6.92 Å². The summed E-state index contributed by atoms with van der Waals surface area (Å²) in [6.45, 7) is 1.93. The second kappa shape index (κ2) is 5.19. The van der Waals surface area contributed by atoms with Crippen LogP contribution >= 0.6 is 11.6 Å². The van der Waals surface area contributed by atoms with Gasteiger partial charge in [-0.1, -0.05) is 23.2 Å². The zero-order valence-corrected chi connectivity index (χ0v) is 10.9. The number of pyridine rings is 1. The van der Waals surface area contributed by atoms with Crippen LogP contribution in [-0.4, -0.2) is 17.9 Å². The molecule has 1 aromatic heterocycles. The van der Waals surface area contributed by atoms with Crippen molar-refractivity contribution in [2.75, 3.05) is 7.11 Å². The van der Waals surface area contributed by atoms with E-state index >= 15 is 0 Å². The lowest BCUT2D eigenvalue weighted by molar-refractivity contribution is 0.103. The molecule has 2 aromatic rings. The molecule has 0 amide bonds. The maximum atomic E-state index is 12.4. The Balaban J connectivity index is 2.48. The van der Waals surface area contributed by atoms with Crippen LogP contribution in [0.5, 0.6) is 5.75 Å². The summed E-state index contributed by atoms with van der Waals surface area (Å²) < 4.78 is 5.20. The molecular formula is C14H12ClNO2. The van der Waals surface area contributed by atoms with E-state index in [0.717, 1.165) is 5.56 Å². The van der Waals surface area contributed by atoms with Crippen molar-refractivity contribution in [2.45, 2.75) is 6.92 Å². The number of halogens is 1. The summed E-state index contributed by atoms with van der Waals surface area (Å²) in [4.78, 5) is 16.2. The number of benzene rings is 1. The van der Waals surface area contributed by atoms with Gasteiger partial charge in [0.25, 0.3) is 0 Å². The van der Waals surface area contributed by atoms with E-state index in [9.17, 15) is 4.79 Å². The van der Waals surface area contributed by atoms with Crippen molar-refractivity contribution in [3.8, 4) is 5.75 Å². The summed E-state index contributed by atoms with van der Waals surface area (Å²) in [5.74, 6) is 0.429. The largest absolute Gasteiger partial charge is 0.496 e. The fraction of sp³-hybridized carbons (Fsp3) is 0.143. The highest BCUT2D eigenvalue weighted by Gasteiger charge is 2.15. The molecule has 0 saturated heterocycles. The predicted octanol–water partition coefficient (Wildman–Crippen LogP) is 3.28. The Bertz CT molecular complexity index is 596. The molecule has 0 N–H and O–H groups in total. The highest BCUT2D eigenvalue weighted by molar-refractivity contribution is 6.30. The van der Waals surface area contributed by atoms with Gasteiger partial charge in [-0.05, 0) is 31.2 Å². The van der Waals surface area contributed by atoms with Gasteiger partial charge in [0.05, 0.1) is 12.7 Å². The highest BCUT2D eigenvalue weighted by atomic mass is 35.5. The fourth-order valence-electron chi connectivity index (χ4n) is 1.70. The molecule has 0 saturated carbocycles. The number of ether oxygens (including phenoxy) is 1. The van der Waals surface area contributed by atoms with E-state index < -0.39 is 0 Å². The number of ketones is 1. The minimum Gasteiger partial charge on any atom is -0.496 e. The monoisotopic (exact) mass is 261 g/mol. The van der Waals surface area contributed by atoms with Gasteiger partial charge >= 0.3 is 0 Å². The maximum Gasteiger partial charge on any atom is 0.196 e. The summed E-state index contributed by atoms with van der Waals surface area (Å²) >= 11 is 5.79. The molecule has 0 fully saturated rings. The number of aryl methyl sites for hydroxylation is 1. The normalized spacial score (nSPS) is 10.2. The third-order valence-electron chi connectivity index (χ3n) is 2.59. The zero-order valence-electron chi connectivity index (χ0n) is 10.1. The van der Waals surface area contributed by atoms with Crippen LogP contribution in [-0.2, 0) is 0 Å². The Labute approximate surface area is 110 Å². The maximum absolute atomic E-state index is 12.4. The van der Waals surface area contributed by atoms with Crippen molar-refractivity contribution in [3.05, 3.63) is 58.4 Å². The van der Waals surface area contributed by atoms with Gasteiger partial charge in [-0.25, -0.2) is 4.98 Å². The van der Waals surface area contributed by atoms with Crippen LogP contribution in [0.1, 0.15) is 21.5 Å². The highest BCUT2D eigenvalue weighted by Crippen LogP contribution is 2.23. The average Bonchev–Trinajstić information content (AvgIpc) is 2.38. The van der Waals surface area contributed by atoms with Crippen LogP contribution < -0.4 is 4.74 Å². The van der Waals surface area contributed by atoms with E-state index in [1.165, 1.54) is 6.20 Å². The van der Waals surface area contributed by atoms with E-state index in [1.807, 2.05) is 13.0 Å². The summed E-state index contributed by atoms with van der Waals surface area (Å²) in [7, 11) is 1.54. The molecule has 0 atom stereocenters. The number of carbonyl (C=O) groups is 1. The number of rotatable bonds is 3. The number of carbonyl (C=O) groups excluding carboxylic acids is 1. The number of hydrogen-bond donors (Lipinski definition) is 0. The molecule has 0 aliphatic carbocycles. The second-order valence-electron chi connectivity index (χ2n) is 3.90. The van der Waals surface area contributed by atoms with Gasteiger partial charge in [0.15, 0.2) is 5.78 Å². The molecule has 0 aliphatic rings. The van der Waals surface area contributed by atoms with Gasteiger partial charge in [-0.2, -0.15) is 0 Å². The standard InChI is InChI=1S/C14H12ClNO2/c1-9-3-4-12(18-2)11(7-9)14(17)10-5-6-16-13(15)8-10/h3-8H,1-2H3. The summed E-state index contributed by atoms with van der Waals surface area (Å²) in [6.07, 6.45) is 1.51. The zero-order chi connectivity index (χ0) is 13.1. The molecule has 0 aliphatic heterocycles. The van der Waals surface area contributed by atoms with Crippen LogP contribution in [0.4, 0.5) is 0 Å². The van der Waals surface area contributed by atoms with Crippen molar-refractivity contribution < 1.29 is 9.53 Å². The van der Waals surface area contributed by atoms with E-state index in [-0.39, 0.29) is 5.78 Å². The van der Waals surface area contributed by atoms with Crippen molar-refractivity contribution in [1.82, 2.24) is 4.98 Å². The molecule has 2 rings (SSSR count). The first-order valence-corrected chi connectivity index (χ1v) is 5.80. The first kappa shape index (κ1) is 12.6. The number of methoxy groups -OCH3 is 1. The minimum absolute atomic E-state index is 0.125. The van der Waals surface area contributed by atoms with Gasteiger partial charge in [0.1, 0.15) is 10.9 Å². The molecule has 0 spiro atoms. The molecule has 0 bridgehead atoms. The molecular weight excluding hydrogens is 250 g/mol. The van der Waals surface area contributed by atoms with E-state index in [1.54, 1.807) is 31.4 Å². The number of nitrogens with zero attached hydrogens (tertiary/aromatic N) is 1. The smallest absolute Gasteiger partial charge is 0.196 e. The first-order valence-electron chi connectivity index (χ1n) is 5.42. The van der Waals surface area contributed by atoms with Gasteiger partial charge in [0.2, 0.25) is 0 Å². The molecule has 3 nitrogen and oxygen atoms in total. The van der Waals surface area contributed by atoms with E-state index in [2.05, 4.69) is 4.98 Å². The number of aromatic nitrogens is 1. The van der Waals surface area contributed by atoms with Gasteiger partial charge in [-0.3, -0.25) is 4.79 Å². The molecule has 1 heterocycles. The van der Waals surface area contributed by atoms with E-state index in [4.69, 9.17) is 16.3 Å². The Morgan fingerprint density at radius 2 is 2.06 bits per heavy atom. The summed E-state index contributed by atoms with van der Waals surface area (Å²) in [5.41, 5.74) is 2.03. The summed E-state index contributed by atoms with van der Waals surface area (Å²) in [6, 6.07) is 8.66. The van der Waals surface area contributed by atoms with E-state index in [0.29, 0.717) is 22.0 Å². The first-order chi connectivity index (χ1) is 8.61. The SMILES string of the molecule is COc1ccc(C)cc1C(=O)c1ccnc(Cl)c1. The molecule has 18 heavy (non-hydrogen) atoms. The van der Waals surface area contributed by atoms with Crippen LogP contribution in [0.2, 0.25) is 5.15 Å². The van der Waals surface area contributed by atoms with Crippen LogP contribution in [0.25, 0.3) is 0 Å². The Morgan fingerprint density at radius 3 is 2.72 bits per heavy atom. The van der Waals surface area contributed by atoms with Gasteiger partial charge < -0.3 is 4.74 Å².